The summed E-state index contributed by atoms with van der Waals surface area (Å²) in [4.78, 5) is 26.9. The molecule has 0 bridgehead atoms. The fourth-order valence-corrected chi connectivity index (χ4v) is 1.36. The lowest BCUT2D eigenvalue weighted by Gasteiger charge is -2.09. The lowest BCUT2D eigenvalue weighted by atomic mass is 10.1. The smallest absolute Gasteiger partial charge is 0.286 e. The normalized spacial score (nSPS) is 10.0. The van der Waals surface area contributed by atoms with Gasteiger partial charge in [0.05, 0.1) is 25.2 Å². The van der Waals surface area contributed by atoms with E-state index >= 15 is 0 Å². The molecular weight excluding hydrogens is 256 g/mol. The lowest BCUT2D eigenvalue weighted by molar-refractivity contribution is -0.385. The largest absolute Gasteiger partial charge is 0.496 e. The van der Waals surface area contributed by atoms with Gasteiger partial charge in [0.25, 0.3) is 11.6 Å². The van der Waals surface area contributed by atoms with E-state index in [1.165, 1.54) is 32.4 Å². The van der Waals surface area contributed by atoms with Crippen LogP contribution in [0.1, 0.15) is 10.4 Å². The van der Waals surface area contributed by atoms with Crippen LogP contribution in [-0.4, -0.2) is 38.3 Å². The standard InChI is InChI=1S/C11H14N2O6/c1-17-6-7-19-12-11(14)10-8(13(15)16)4-3-5-9(10)18-2/h3-5H,6-7H2,1-2H3,(H,12,14). The Labute approximate surface area is 109 Å². The second-order valence-electron chi connectivity index (χ2n) is 3.38. The summed E-state index contributed by atoms with van der Waals surface area (Å²) < 4.78 is 9.67. The van der Waals surface area contributed by atoms with Crippen molar-refractivity contribution in [3.63, 3.8) is 0 Å². The third-order valence-corrected chi connectivity index (χ3v) is 2.20. The molecule has 0 heterocycles. The molecule has 0 aliphatic carbocycles. The van der Waals surface area contributed by atoms with Crippen molar-refractivity contribution in [2.45, 2.75) is 0 Å². The van der Waals surface area contributed by atoms with E-state index in [0.29, 0.717) is 0 Å². The summed E-state index contributed by atoms with van der Waals surface area (Å²) in [6.45, 7) is 0.416. The first-order valence-electron chi connectivity index (χ1n) is 5.34. The number of ether oxygens (including phenoxy) is 2. The zero-order valence-corrected chi connectivity index (χ0v) is 10.5. The van der Waals surface area contributed by atoms with Crippen molar-refractivity contribution in [3.8, 4) is 5.75 Å². The molecule has 1 N–H and O–H groups in total. The van der Waals surface area contributed by atoms with Crippen LogP contribution in [0.3, 0.4) is 0 Å². The lowest BCUT2D eigenvalue weighted by Crippen LogP contribution is -2.26. The van der Waals surface area contributed by atoms with Crippen molar-refractivity contribution in [1.29, 1.82) is 0 Å². The second kappa shape index (κ2) is 7.29. The van der Waals surface area contributed by atoms with Crippen molar-refractivity contribution >= 4 is 11.6 Å². The molecule has 0 saturated heterocycles. The highest BCUT2D eigenvalue weighted by molar-refractivity contribution is 6.00. The van der Waals surface area contributed by atoms with Crippen LogP contribution < -0.4 is 10.2 Å². The van der Waals surface area contributed by atoms with Crippen LogP contribution in [0.15, 0.2) is 18.2 Å². The van der Waals surface area contributed by atoms with Crippen molar-refractivity contribution in [2.75, 3.05) is 27.4 Å². The maximum absolute atomic E-state index is 11.9. The number of rotatable bonds is 7. The highest BCUT2D eigenvalue weighted by atomic mass is 16.7. The summed E-state index contributed by atoms with van der Waals surface area (Å²) in [7, 11) is 2.80. The molecule has 1 rings (SSSR count). The molecule has 1 aromatic rings. The van der Waals surface area contributed by atoms with Crippen LogP contribution >= 0.6 is 0 Å². The number of amides is 1. The average Bonchev–Trinajstić information content (AvgIpc) is 2.42. The Hall–Kier alpha value is -2.19. The maximum Gasteiger partial charge on any atom is 0.286 e. The molecule has 0 aliphatic heterocycles. The van der Waals surface area contributed by atoms with Gasteiger partial charge in [-0.1, -0.05) is 6.07 Å². The molecule has 1 aromatic carbocycles. The third kappa shape index (κ3) is 3.90. The summed E-state index contributed by atoms with van der Waals surface area (Å²) in [5.41, 5.74) is 1.56. The van der Waals surface area contributed by atoms with Gasteiger partial charge in [0.1, 0.15) is 5.75 Å². The van der Waals surface area contributed by atoms with Crippen LogP contribution in [0.4, 0.5) is 5.69 Å². The number of methoxy groups -OCH3 is 2. The SMILES string of the molecule is COCCONC(=O)c1c(OC)cccc1[N+](=O)[O-]. The Morgan fingerprint density at radius 2 is 2.11 bits per heavy atom. The van der Waals surface area contributed by atoms with Gasteiger partial charge >= 0.3 is 0 Å². The van der Waals surface area contributed by atoms with Crippen LogP contribution in [0.25, 0.3) is 0 Å². The zero-order valence-electron chi connectivity index (χ0n) is 10.5. The molecule has 8 heteroatoms. The predicted molar refractivity (Wildman–Crippen MR) is 64.9 cm³/mol. The Balaban J connectivity index is 2.90. The second-order valence-corrected chi connectivity index (χ2v) is 3.38. The molecule has 1 amide bonds. The number of carbonyl (C=O) groups is 1. The molecule has 0 atom stereocenters. The molecule has 0 aromatic heterocycles. The van der Waals surface area contributed by atoms with Gasteiger partial charge in [-0.25, -0.2) is 5.48 Å². The van der Waals surface area contributed by atoms with Gasteiger partial charge in [-0.2, -0.15) is 0 Å². The molecule has 0 spiro atoms. The summed E-state index contributed by atoms with van der Waals surface area (Å²) in [6.07, 6.45) is 0. The average molecular weight is 270 g/mol. The number of nitrogens with one attached hydrogen (secondary N) is 1. The Morgan fingerprint density at radius 3 is 2.68 bits per heavy atom. The van der Waals surface area contributed by atoms with E-state index in [9.17, 15) is 14.9 Å². The predicted octanol–water partition coefficient (Wildman–Crippen LogP) is 0.911. The first-order valence-corrected chi connectivity index (χ1v) is 5.34. The van der Waals surface area contributed by atoms with E-state index < -0.39 is 10.8 Å². The van der Waals surface area contributed by atoms with Crippen LogP contribution in [0, 0.1) is 10.1 Å². The number of nitro groups is 1. The molecule has 19 heavy (non-hydrogen) atoms. The Morgan fingerprint density at radius 1 is 1.37 bits per heavy atom. The highest BCUT2D eigenvalue weighted by Gasteiger charge is 2.24. The molecular formula is C11H14N2O6. The van der Waals surface area contributed by atoms with Crippen LogP contribution in [0.5, 0.6) is 5.75 Å². The van der Waals surface area contributed by atoms with Gasteiger partial charge in [0.2, 0.25) is 0 Å². The van der Waals surface area contributed by atoms with Gasteiger partial charge in [0.15, 0.2) is 5.56 Å². The number of nitro benzene ring substituents is 1. The van der Waals surface area contributed by atoms with Crippen molar-refractivity contribution < 1.29 is 24.0 Å². The zero-order chi connectivity index (χ0) is 14.3. The van der Waals surface area contributed by atoms with Gasteiger partial charge < -0.3 is 9.47 Å². The molecule has 0 fully saturated rings. The van der Waals surface area contributed by atoms with Crippen molar-refractivity contribution in [2.24, 2.45) is 0 Å². The topological polar surface area (TPSA) is 99.9 Å². The minimum Gasteiger partial charge on any atom is -0.496 e. The van der Waals surface area contributed by atoms with Gasteiger partial charge in [0, 0.05) is 13.2 Å². The minimum absolute atomic E-state index is 0.0991. The molecule has 0 radical (unpaired) electrons. The summed E-state index contributed by atoms with van der Waals surface area (Å²) in [5, 5.41) is 10.9. The van der Waals surface area contributed by atoms with E-state index in [1.54, 1.807) is 0 Å². The van der Waals surface area contributed by atoms with E-state index in [-0.39, 0.29) is 30.2 Å². The molecule has 104 valence electrons. The summed E-state index contributed by atoms with van der Waals surface area (Å²) in [5.74, 6) is -0.651. The minimum atomic E-state index is -0.750. The Kier molecular flexibility index (Phi) is 5.71. The molecule has 8 nitrogen and oxygen atoms in total. The molecule has 0 unspecified atom stereocenters. The number of hydroxylamine groups is 1. The van der Waals surface area contributed by atoms with E-state index in [2.05, 4.69) is 5.48 Å². The monoisotopic (exact) mass is 270 g/mol. The Bertz CT molecular complexity index is 462. The van der Waals surface area contributed by atoms with Gasteiger partial charge in [-0.3, -0.25) is 19.7 Å². The maximum atomic E-state index is 11.9. The molecule has 0 aliphatic rings. The summed E-state index contributed by atoms with van der Waals surface area (Å²) >= 11 is 0. The number of hydrogen-bond acceptors (Lipinski definition) is 6. The third-order valence-electron chi connectivity index (χ3n) is 2.20. The first kappa shape index (κ1) is 14.9. The van der Waals surface area contributed by atoms with Crippen LogP contribution in [0.2, 0.25) is 0 Å². The van der Waals surface area contributed by atoms with Crippen molar-refractivity contribution in [1.82, 2.24) is 5.48 Å². The number of carbonyl (C=O) groups excluding carboxylic acids is 1. The quantitative estimate of drug-likeness (QED) is 0.449. The molecule has 0 saturated carbocycles. The fourth-order valence-electron chi connectivity index (χ4n) is 1.36. The van der Waals surface area contributed by atoms with Crippen LogP contribution in [-0.2, 0) is 9.57 Å². The van der Waals surface area contributed by atoms with Crippen molar-refractivity contribution in [3.05, 3.63) is 33.9 Å². The number of nitrogens with zero attached hydrogens (tertiary/aromatic N) is 1. The highest BCUT2D eigenvalue weighted by Crippen LogP contribution is 2.27. The van der Waals surface area contributed by atoms with Gasteiger partial charge in [-0.15, -0.1) is 0 Å². The van der Waals surface area contributed by atoms with E-state index in [0.717, 1.165) is 0 Å². The van der Waals surface area contributed by atoms with E-state index in [1.807, 2.05) is 0 Å². The number of benzene rings is 1. The first-order chi connectivity index (χ1) is 9.11. The summed E-state index contributed by atoms with van der Waals surface area (Å²) in [6, 6.07) is 4.10. The fraction of sp³-hybridized carbons (Fsp3) is 0.364. The number of hydrogen-bond donors (Lipinski definition) is 1. The van der Waals surface area contributed by atoms with E-state index in [4.69, 9.17) is 14.3 Å². The van der Waals surface area contributed by atoms with Gasteiger partial charge in [-0.05, 0) is 6.07 Å².